The molecule has 1 heterocycles. The van der Waals surface area contributed by atoms with Crippen molar-refractivity contribution >= 4 is 47.3 Å². The number of aromatic nitrogens is 2. The van der Waals surface area contributed by atoms with Crippen LogP contribution in [0.25, 0.3) is 6.08 Å². The summed E-state index contributed by atoms with van der Waals surface area (Å²) in [7, 11) is 0. The van der Waals surface area contributed by atoms with E-state index >= 15 is 0 Å². The van der Waals surface area contributed by atoms with E-state index in [2.05, 4.69) is 15.5 Å². The van der Waals surface area contributed by atoms with Gasteiger partial charge in [-0.15, -0.1) is 0 Å². The summed E-state index contributed by atoms with van der Waals surface area (Å²) in [5, 5.41) is 9.49. The topological polar surface area (TPSA) is 57.8 Å². The zero-order chi connectivity index (χ0) is 14.2. The number of hydrogen-bond donors (Lipinski definition) is 2. The molecule has 2 N–H and O–H groups in total. The van der Waals surface area contributed by atoms with Crippen molar-refractivity contribution in [1.29, 1.82) is 0 Å². The number of carbonyl (C=O) groups is 1. The fourth-order valence-corrected chi connectivity index (χ4v) is 3.30. The number of rotatable bonds is 6. The lowest BCUT2D eigenvalue weighted by molar-refractivity contribution is -0.118. The number of nitrogens with zero attached hydrogens (tertiary/aromatic N) is 1. The fourth-order valence-electron chi connectivity index (χ4n) is 1.39. The Labute approximate surface area is 130 Å². The van der Waals surface area contributed by atoms with Gasteiger partial charge in [0.25, 0.3) is 0 Å². The highest BCUT2D eigenvalue weighted by Crippen LogP contribution is 2.19. The second-order valence-electron chi connectivity index (χ2n) is 3.78. The minimum atomic E-state index is -0.0196. The molecule has 0 aliphatic heterocycles. The summed E-state index contributed by atoms with van der Waals surface area (Å²) in [5.41, 5.74) is 1.12. The molecule has 20 heavy (non-hydrogen) atoms. The van der Waals surface area contributed by atoms with E-state index in [0.717, 1.165) is 9.90 Å². The molecule has 0 radical (unpaired) electrons. The van der Waals surface area contributed by atoms with E-state index < -0.39 is 0 Å². The van der Waals surface area contributed by atoms with Crippen LogP contribution in [0.15, 0.2) is 40.7 Å². The molecular weight excluding hydrogens is 310 g/mol. The first-order valence-electron chi connectivity index (χ1n) is 5.90. The lowest BCUT2D eigenvalue weighted by Gasteiger charge is -2.00. The molecule has 0 atom stereocenters. The minimum Gasteiger partial charge on any atom is -0.352 e. The maximum atomic E-state index is 11.6. The molecule has 1 aromatic carbocycles. The molecule has 0 bridgehead atoms. The van der Waals surface area contributed by atoms with Crippen LogP contribution in [0, 0.1) is 3.95 Å². The third-order valence-electron chi connectivity index (χ3n) is 2.27. The van der Waals surface area contributed by atoms with Crippen LogP contribution in [0.5, 0.6) is 0 Å². The second kappa shape index (κ2) is 7.98. The number of amides is 1. The van der Waals surface area contributed by atoms with Crippen molar-refractivity contribution in [2.45, 2.75) is 4.34 Å². The highest BCUT2D eigenvalue weighted by Gasteiger charge is 2.03. The van der Waals surface area contributed by atoms with Crippen LogP contribution >= 0.6 is 35.3 Å². The molecule has 7 heteroatoms. The Bertz CT molecular complexity index is 634. The lowest BCUT2D eigenvalue weighted by atomic mass is 10.2. The van der Waals surface area contributed by atoms with Gasteiger partial charge in [-0.1, -0.05) is 65.6 Å². The molecule has 0 aliphatic rings. The lowest BCUT2D eigenvalue weighted by Crippen LogP contribution is -2.24. The number of carbonyl (C=O) groups excluding carboxylic acids is 1. The Kier molecular flexibility index (Phi) is 5.97. The molecule has 2 rings (SSSR count). The zero-order valence-electron chi connectivity index (χ0n) is 10.5. The van der Waals surface area contributed by atoms with Gasteiger partial charge >= 0.3 is 0 Å². The standard InChI is InChI=1S/C13H13N3OS3/c17-11(9-19-13-16-15-12(18)20-13)14-8-4-7-10-5-2-1-3-6-10/h1-7H,8-9H2,(H,14,17)(H,15,18). The van der Waals surface area contributed by atoms with Crippen molar-refractivity contribution in [3.63, 3.8) is 0 Å². The number of hydrogen-bond acceptors (Lipinski definition) is 5. The van der Waals surface area contributed by atoms with Gasteiger partial charge in [0.1, 0.15) is 0 Å². The van der Waals surface area contributed by atoms with Gasteiger partial charge in [-0.25, -0.2) is 0 Å². The van der Waals surface area contributed by atoms with Crippen LogP contribution in [0.2, 0.25) is 0 Å². The summed E-state index contributed by atoms with van der Waals surface area (Å²) in [6.45, 7) is 0.518. The van der Waals surface area contributed by atoms with Crippen molar-refractivity contribution in [1.82, 2.24) is 15.5 Å². The summed E-state index contributed by atoms with van der Waals surface area (Å²) >= 11 is 7.67. The maximum absolute atomic E-state index is 11.6. The van der Waals surface area contributed by atoms with Crippen LogP contribution in [-0.2, 0) is 4.79 Å². The number of thioether (sulfide) groups is 1. The molecule has 1 aromatic heterocycles. The Morgan fingerprint density at radius 3 is 2.95 bits per heavy atom. The highest BCUT2D eigenvalue weighted by atomic mass is 32.2. The van der Waals surface area contributed by atoms with Gasteiger partial charge in [-0.05, 0) is 17.8 Å². The highest BCUT2D eigenvalue weighted by molar-refractivity contribution is 8.01. The molecule has 0 spiro atoms. The molecule has 1 amide bonds. The Morgan fingerprint density at radius 2 is 2.25 bits per heavy atom. The number of benzene rings is 1. The van der Waals surface area contributed by atoms with Crippen molar-refractivity contribution in [2.75, 3.05) is 12.3 Å². The first-order chi connectivity index (χ1) is 9.74. The molecule has 2 aromatic rings. The van der Waals surface area contributed by atoms with Crippen LogP contribution in [0.4, 0.5) is 0 Å². The molecule has 104 valence electrons. The smallest absolute Gasteiger partial charge is 0.230 e. The van der Waals surface area contributed by atoms with Gasteiger partial charge in [0.2, 0.25) is 5.91 Å². The molecule has 0 aliphatic carbocycles. The average Bonchev–Trinajstić information content (AvgIpc) is 2.88. The predicted molar refractivity (Wildman–Crippen MR) is 86.5 cm³/mol. The number of H-pyrrole nitrogens is 1. The van der Waals surface area contributed by atoms with Crippen LogP contribution < -0.4 is 5.32 Å². The summed E-state index contributed by atoms with van der Waals surface area (Å²) in [5.74, 6) is 0.323. The molecule has 0 saturated heterocycles. The molecular formula is C13H13N3OS3. The maximum Gasteiger partial charge on any atom is 0.230 e. The number of nitrogens with one attached hydrogen (secondary N) is 2. The van der Waals surface area contributed by atoms with Gasteiger partial charge in [0.05, 0.1) is 5.75 Å². The fraction of sp³-hybridized carbons (Fsp3) is 0.154. The van der Waals surface area contributed by atoms with E-state index in [1.165, 1.54) is 23.1 Å². The SMILES string of the molecule is O=C(CSc1n[nH]c(=S)s1)NCC=Cc1ccccc1. The van der Waals surface area contributed by atoms with Gasteiger partial charge in [0, 0.05) is 6.54 Å². The molecule has 0 fully saturated rings. The Balaban J connectivity index is 1.68. The monoisotopic (exact) mass is 323 g/mol. The average molecular weight is 323 g/mol. The molecule has 4 nitrogen and oxygen atoms in total. The third-order valence-corrected chi connectivity index (χ3v) is 4.50. The second-order valence-corrected chi connectivity index (χ2v) is 6.67. The predicted octanol–water partition coefficient (Wildman–Crippen LogP) is 3.12. The van der Waals surface area contributed by atoms with Crippen LogP contribution in [0.1, 0.15) is 5.56 Å². The van der Waals surface area contributed by atoms with Crippen molar-refractivity contribution < 1.29 is 4.79 Å². The van der Waals surface area contributed by atoms with Crippen molar-refractivity contribution in [3.05, 3.63) is 45.9 Å². The van der Waals surface area contributed by atoms with E-state index in [9.17, 15) is 4.79 Å². The number of aromatic amines is 1. The Morgan fingerprint density at radius 1 is 1.45 bits per heavy atom. The van der Waals surface area contributed by atoms with Crippen molar-refractivity contribution in [2.24, 2.45) is 0 Å². The minimum absolute atomic E-state index is 0.0196. The van der Waals surface area contributed by atoms with Gasteiger partial charge in [0.15, 0.2) is 8.29 Å². The molecule has 0 unspecified atom stereocenters. The largest absolute Gasteiger partial charge is 0.352 e. The summed E-state index contributed by atoms with van der Waals surface area (Å²) in [6, 6.07) is 9.96. The summed E-state index contributed by atoms with van der Waals surface area (Å²) in [6.07, 6.45) is 3.91. The van der Waals surface area contributed by atoms with E-state index in [0.29, 0.717) is 16.3 Å². The van der Waals surface area contributed by atoms with Gasteiger partial charge in [-0.2, -0.15) is 5.10 Å². The third kappa shape index (κ3) is 5.28. The zero-order valence-corrected chi connectivity index (χ0v) is 13.0. The van der Waals surface area contributed by atoms with E-state index in [-0.39, 0.29) is 5.91 Å². The van der Waals surface area contributed by atoms with E-state index in [4.69, 9.17) is 12.2 Å². The first-order valence-corrected chi connectivity index (χ1v) is 8.11. The quantitative estimate of drug-likeness (QED) is 0.633. The first kappa shape index (κ1) is 15.0. The normalized spacial score (nSPS) is 10.8. The van der Waals surface area contributed by atoms with Gasteiger partial charge in [-0.3, -0.25) is 9.89 Å². The van der Waals surface area contributed by atoms with Crippen LogP contribution in [0.3, 0.4) is 0 Å². The van der Waals surface area contributed by atoms with Gasteiger partial charge < -0.3 is 5.32 Å². The van der Waals surface area contributed by atoms with E-state index in [1.807, 2.05) is 42.5 Å². The molecule has 0 saturated carbocycles. The van der Waals surface area contributed by atoms with Crippen LogP contribution in [-0.4, -0.2) is 28.4 Å². The summed E-state index contributed by atoms with van der Waals surface area (Å²) < 4.78 is 1.41. The van der Waals surface area contributed by atoms with Crippen molar-refractivity contribution in [3.8, 4) is 0 Å². The van der Waals surface area contributed by atoms with E-state index in [1.54, 1.807) is 0 Å². The summed E-state index contributed by atoms with van der Waals surface area (Å²) in [4.78, 5) is 11.6. The Hall–Kier alpha value is -1.44.